The molecule has 0 bridgehead atoms. The van der Waals surface area contributed by atoms with Gasteiger partial charge in [-0.2, -0.15) is 0 Å². The first-order valence-corrected chi connectivity index (χ1v) is 4.54. The minimum Gasteiger partial charge on any atom is -0.410 e. The molecule has 0 amide bonds. The van der Waals surface area contributed by atoms with Crippen molar-refractivity contribution in [2.45, 2.75) is 6.92 Å². The minimum atomic E-state index is -0.448. The van der Waals surface area contributed by atoms with E-state index in [0.29, 0.717) is 11.6 Å². The summed E-state index contributed by atoms with van der Waals surface area (Å²) < 4.78 is 6.48. The lowest BCUT2D eigenvalue weighted by molar-refractivity contribution is 0.201. The molecule has 4 nitrogen and oxygen atoms in total. The third kappa shape index (κ3) is 2.04. The maximum Gasteiger partial charge on any atom is 0.424 e. The van der Waals surface area contributed by atoms with Crippen LogP contribution in [0.4, 0.5) is 4.79 Å². The summed E-state index contributed by atoms with van der Waals surface area (Å²) in [7, 11) is 0. The highest BCUT2D eigenvalue weighted by molar-refractivity contribution is 5.73. The molecule has 1 aromatic heterocycles. The van der Waals surface area contributed by atoms with E-state index in [4.69, 9.17) is 4.74 Å². The van der Waals surface area contributed by atoms with E-state index < -0.39 is 6.09 Å². The van der Waals surface area contributed by atoms with Crippen molar-refractivity contribution in [2.75, 3.05) is 0 Å². The summed E-state index contributed by atoms with van der Waals surface area (Å²) in [6, 6.07) is 8.93. The molecule has 0 radical (unpaired) electrons. The van der Waals surface area contributed by atoms with Crippen molar-refractivity contribution in [3.05, 3.63) is 48.5 Å². The number of benzene rings is 1. The van der Waals surface area contributed by atoms with E-state index in [1.54, 1.807) is 31.5 Å². The lowest BCUT2D eigenvalue weighted by Crippen LogP contribution is -2.17. The largest absolute Gasteiger partial charge is 0.424 e. The monoisotopic (exact) mass is 202 g/mol. The van der Waals surface area contributed by atoms with Crippen molar-refractivity contribution in [1.82, 2.24) is 9.55 Å². The van der Waals surface area contributed by atoms with Crippen LogP contribution >= 0.6 is 0 Å². The molecule has 0 N–H and O–H groups in total. The Balaban J connectivity index is 2.15. The summed E-state index contributed by atoms with van der Waals surface area (Å²) >= 11 is 0. The molecule has 2 aromatic rings. The van der Waals surface area contributed by atoms with Crippen molar-refractivity contribution in [3.8, 4) is 5.75 Å². The smallest absolute Gasteiger partial charge is 0.410 e. The van der Waals surface area contributed by atoms with Gasteiger partial charge in [-0.05, 0) is 19.1 Å². The second-order valence-electron chi connectivity index (χ2n) is 3.03. The molecule has 0 aliphatic carbocycles. The van der Waals surface area contributed by atoms with Gasteiger partial charge in [0.2, 0.25) is 0 Å². The molecule has 0 fully saturated rings. The average molecular weight is 202 g/mol. The van der Waals surface area contributed by atoms with E-state index in [0.717, 1.165) is 0 Å². The highest BCUT2D eigenvalue weighted by Gasteiger charge is 2.09. The van der Waals surface area contributed by atoms with Gasteiger partial charge in [-0.25, -0.2) is 14.3 Å². The number of hydrogen-bond donors (Lipinski definition) is 0. The SMILES string of the molecule is Cc1nccn1C(=O)Oc1ccccc1. The highest BCUT2D eigenvalue weighted by atomic mass is 16.6. The third-order valence-electron chi connectivity index (χ3n) is 1.97. The normalized spacial score (nSPS) is 9.93. The summed E-state index contributed by atoms with van der Waals surface area (Å²) in [4.78, 5) is 15.5. The van der Waals surface area contributed by atoms with Crippen LogP contribution in [0.3, 0.4) is 0 Å². The molecule has 15 heavy (non-hydrogen) atoms. The number of hydrogen-bond acceptors (Lipinski definition) is 3. The van der Waals surface area contributed by atoms with Crippen LogP contribution < -0.4 is 4.74 Å². The Hall–Kier alpha value is -2.10. The topological polar surface area (TPSA) is 44.1 Å². The van der Waals surface area contributed by atoms with E-state index in [9.17, 15) is 4.79 Å². The first-order chi connectivity index (χ1) is 7.27. The molecular formula is C11H10N2O2. The quantitative estimate of drug-likeness (QED) is 0.712. The van der Waals surface area contributed by atoms with Crippen molar-refractivity contribution in [2.24, 2.45) is 0 Å². The van der Waals surface area contributed by atoms with Crippen LogP contribution in [0.15, 0.2) is 42.7 Å². The van der Waals surface area contributed by atoms with Crippen LogP contribution in [0, 0.1) is 6.92 Å². The summed E-state index contributed by atoms with van der Waals surface area (Å²) in [5.41, 5.74) is 0. The van der Waals surface area contributed by atoms with Crippen molar-refractivity contribution < 1.29 is 9.53 Å². The van der Waals surface area contributed by atoms with Gasteiger partial charge in [0.1, 0.15) is 11.6 Å². The first-order valence-electron chi connectivity index (χ1n) is 4.54. The fraction of sp³-hybridized carbons (Fsp3) is 0.0909. The van der Waals surface area contributed by atoms with Crippen molar-refractivity contribution in [1.29, 1.82) is 0 Å². The van der Waals surface area contributed by atoms with Gasteiger partial charge in [0.25, 0.3) is 0 Å². The van der Waals surface area contributed by atoms with E-state index in [2.05, 4.69) is 4.98 Å². The standard InChI is InChI=1S/C11H10N2O2/c1-9-12-7-8-13(9)11(14)15-10-5-3-2-4-6-10/h2-8H,1H3. The zero-order chi connectivity index (χ0) is 10.7. The maximum atomic E-state index is 11.6. The lowest BCUT2D eigenvalue weighted by atomic mass is 10.3. The van der Waals surface area contributed by atoms with Crippen LogP contribution in [-0.2, 0) is 0 Å². The fourth-order valence-corrected chi connectivity index (χ4v) is 1.21. The Morgan fingerprint density at radius 2 is 2.07 bits per heavy atom. The molecule has 0 aliphatic rings. The molecule has 2 rings (SSSR count). The van der Waals surface area contributed by atoms with E-state index in [1.807, 2.05) is 18.2 Å². The Morgan fingerprint density at radius 3 is 2.67 bits per heavy atom. The summed E-state index contributed by atoms with van der Waals surface area (Å²) in [6.45, 7) is 1.74. The second kappa shape index (κ2) is 3.96. The number of para-hydroxylation sites is 1. The van der Waals surface area contributed by atoms with Crippen LogP contribution in [-0.4, -0.2) is 15.6 Å². The molecule has 0 saturated carbocycles. The van der Waals surface area contributed by atoms with Gasteiger partial charge in [0.05, 0.1) is 0 Å². The molecule has 0 aliphatic heterocycles. The van der Waals surface area contributed by atoms with Gasteiger partial charge in [0, 0.05) is 12.4 Å². The first kappa shape index (κ1) is 9.45. The number of carbonyl (C=O) groups is 1. The summed E-state index contributed by atoms with van der Waals surface area (Å²) in [5.74, 6) is 1.13. The molecule has 4 heteroatoms. The molecule has 1 heterocycles. The summed E-state index contributed by atoms with van der Waals surface area (Å²) in [5, 5.41) is 0. The predicted molar refractivity (Wildman–Crippen MR) is 54.8 cm³/mol. The van der Waals surface area contributed by atoms with Crippen LogP contribution in [0.1, 0.15) is 5.82 Å². The van der Waals surface area contributed by atoms with Gasteiger partial charge < -0.3 is 4.74 Å². The highest BCUT2D eigenvalue weighted by Crippen LogP contribution is 2.09. The molecule has 0 unspecified atom stereocenters. The lowest BCUT2D eigenvalue weighted by Gasteiger charge is -2.04. The van der Waals surface area contributed by atoms with Gasteiger partial charge in [-0.15, -0.1) is 0 Å². The van der Waals surface area contributed by atoms with Crippen molar-refractivity contribution >= 4 is 6.09 Å². The van der Waals surface area contributed by atoms with Crippen LogP contribution in [0.25, 0.3) is 0 Å². The zero-order valence-electron chi connectivity index (χ0n) is 8.25. The van der Waals surface area contributed by atoms with Gasteiger partial charge >= 0.3 is 6.09 Å². The average Bonchev–Trinajstić information content (AvgIpc) is 2.66. The number of carbonyl (C=O) groups excluding carboxylic acids is 1. The van der Waals surface area contributed by atoms with E-state index in [1.165, 1.54) is 4.57 Å². The minimum absolute atomic E-state index is 0.448. The number of rotatable bonds is 1. The molecule has 0 saturated heterocycles. The molecular weight excluding hydrogens is 192 g/mol. The van der Waals surface area contributed by atoms with Gasteiger partial charge in [0.15, 0.2) is 0 Å². The number of aromatic nitrogens is 2. The fourth-order valence-electron chi connectivity index (χ4n) is 1.21. The van der Waals surface area contributed by atoms with Crippen LogP contribution in [0.2, 0.25) is 0 Å². The van der Waals surface area contributed by atoms with E-state index >= 15 is 0 Å². The van der Waals surface area contributed by atoms with Crippen LogP contribution in [0.5, 0.6) is 5.75 Å². The molecule has 0 spiro atoms. The predicted octanol–water partition coefficient (Wildman–Crippen LogP) is 2.24. The summed E-state index contributed by atoms with van der Waals surface area (Å²) in [6.07, 6.45) is 2.68. The number of ether oxygens (including phenoxy) is 1. The second-order valence-corrected chi connectivity index (χ2v) is 3.03. The Bertz CT molecular complexity index is 462. The number of aryl methyl sites for hydroxylation is 1. The Kier molecular flexibility index (Phi) is 2.49. The van der Waals surface area contributed by atoms with Gasteiger partial charge in [-0.1, -0.05) is 18.2 Å². The van der Waals surface area contributed by atoms with Gasteiger partial charge in [-0.3, -0.25) is 0 Å². The molecule has 1 aromatic carbocycles. The third-order valence-corrected chi connectivity index (χ3v) is 1.97. The zero-order valence-corrected chi connectivity index (χ0v) is 8.25. The number of nitrogens with zero attached hydrogens (tertiary/aromatic N) is 2. The Morgan fingerprint density at radius 1 is 1.33 bits per heavy atom. The number of imidazole rings is 1. The maximum absolute atomic E-state index is 11.6. The van der Waals surface area contributed by atoms with E-state index in [-0.39, 0.29) is 0 Å². The Labute approximate surface area is 87.1 Å². The molecule has 0 atom stereocenters. The van der Waals surface area contributed by atoms with Crippen molar-refractivity contribution in [3.63, 3.8) is 0 Å². The molecule has 76 valence electrons.